The van der Waals surface area contributed by atoms with Crippen molar-refractivity contribution in [2.24, 2.45) is 5.92 Å². The average molecular weight is 333 g/mol. The zero-order valence-corrected chi connectivity index (χ0v) is 15.1. The molecule has 2 rings (SSSR count). The maximum absolute atomic E-state index is 12.4. The van der Waals surface area contributed by atoms with E-state index >= 15 is 0 Å². The third-order valence-electron chi connectivity index (χ3n) is 4.68. The molecule has 1 heterocycles. The molecule has 5 heteroatoms. The third-order valence-corrected chi connectivity index (χ3v) is 4.68. The number of likely N-dealkylation sites (tertiary alicyclic amines) is 1. The largest absolute Gasteiger partial charge is 0.393 e. The van der Waals surface area contributed by atoms with Gasteiger partial charge in [0.05, 0.1) is 6.10 Å². The lowest BCUT2D eigenvalue weighted by Gasteiger charge is -2.35. The summed E-state index contributed by atoms with van der Waals surface area (Å²) in [7, 11) is 2.07. The number of likely N-dealkylation sites (N-methyl/N-ethyl adjacent to an activating group) is 1. The Kier molecular flexibility index (Phi) is 7.06. The highest BCUT2D eigenvalue weighted by Crippen LogP contribution is 2.19. The van der Waals surface area contributed by atoms with E-state index in [4.69, 9.17) is 0 Å². The van der Waals surface area contributed by atoms with Crippen LogP contribution in [-0.2, 0) is 6.54 Å². The van der Waals surface area contributed by atoms with Crippen LogP contribution in [0.5, 0.6) is 0 Å². The second-order valence-corrected chi connectivity index (χ2v) is 7.12. The molecule has 0 spiro atoms. The van der Waals surface area contributed by atoms with Crippen LogP contribution in [0.4, 0.5) is 4.79 Å². The number of hydrogen-bond donors (Lipinski definition) is 2. The van der Waals surface area contributed by atoms with Crippen molar-refractivity contribution in [3.05, 3.63) is 35.9 Å². The second-order valence-electron chi connectivity index (χ2n) is 7.12. The molecule has 1 aromatic carbocycles. The number of rotatable bonds is 6. The minimum absolute atomic E-state index is 0.0130. The molecular weight excluding hydrogens is 302 g/mol. The average Bonchev–Trinajstić information content (AvgIpc) is 2.55. The predicted molar refractivity (Wildman–Crippen MR) is 96.7 cm³/mol. The highest BCUT2D eigenvalue weighted by atomic mass is 16.3. The molecule has 0 bridgehead atoms. The van der Waals surface area contributed by atoms with Crippen molar-refractivity contribution >= 4 is 6.03 Å². The van der Waals surface area contributed by atoms with Gasteiger partial charge in [0, 0.05) is 38.1 Å². The first kappa shape index (κ1) is 18.7. The molecule has 1 aliphatic heterocycles. The normalized spacial score (nSPS) is 20.7. The van der Waals surface area contributed by atoms with Gasteiger partial charge >= 0.3 is 6.03 Å². The van der Waals surface area contributed by atoms with Crippen LogP contribution in [0, 0.1) is 5.92 Å². The van der Waals surface area contributed by atoms with Crippen LogP contribution >= 0.6 is 0 Å². The Labute approximate surface area is 145 Å². The van der Waals surface area contributed by atoms with Crippen LogP contribution in [0.1, 0.15) is 32.3 Å². The molecule has 1 aliphatic rings. The first-order valence-electron chi connectivity index (χ1n) is 8.91. The molecule has 0 aliphatic carbocycles. The topological polar surface area (TPSA) is 55.8 Å². The summed E-state index contributed by atoms with van der Waals surface area (Å²) in [5.41, 5.74) is 1.27. The van der Waals surface area contributed by atoms with Gasteiger partial charge in [0.25, 0.3) is 0 Å². The molecule has 1 saturated heterocycles. The number of nitrogens with one attached hydrogen (secondary N) is 1. The lowest BCUT2D eigenvalue weighted by molar-refractivity contribution is 0.0731. The van der Waals surface area contributed by atoms with E-state index in [0.717, 1.165) is 32.5 Å². The van der Waals surface area contributed by atoms with Gasteiger partial charge in [-0.2, -0.15) is 0 Å². The van der Waals surface area contributed by atoms with Gasteiger partial charge in [-0.1, -0.05) is 30.3 Å². The lowest BCUT2D eigenvalue weighted by Crippen LogP contribution is -2.51. The molecule has 5 nitrogen and oxygen atoms in total. The lowest BCUT2D eigenvalue weighted by atomic mass is 9.94. The molecule has 3 atom stereocenters. The maximum atomic E-state index is 12.4. The van der Waals surface area contributed by atoms with Crippen LogP contribution in [0.3, 0.4) is 0 Å². The third kappa shape index (κ3) is 5.80. The van der Waals surface area contributed by atoms with Crippen molar-refractivity contribution in [2.45, 2.75) is 45.4 Å². The second kappa shape index (κ2) is 9.04. The Hall–Kier alpha value is -1.59. The van der Waals surface area contributed by atoms with E-state index in [1.54, 1.807) is 0 Å². The van der Waals surface area contributed by atoms with E-state index in [2.05, 4.69) is 29.4 Å². The number of amides is 2. The Morgan fingerprint density at radius 1 is 1.38 bits per heavy atom. The SMILES string of the molecule is CC(CN(C)Cc1ccccc1)NC(=O)N1CCCC(C(C)O)C1. The Morgan fingerprint density at radius 3 is 2.75 bits per heavy atom. The van der Waals surface area contributed by atoms with Crippen molar-refractivity contribution in [3.63, 3.8) is 0 Å². The molecule has 24 heavy (non-hydrogen) atoms. The standard InChI is InChI=1S/C19H31N3O2/c1-15(12-21(3)13-17-8-5-4-6-9-17)20-19(24)22-11-7-10-18(14-22)16(2)23/h4-6,8-9,15-16,18,23H,7,10-14H2,1-3H3,(H,20,24). The quantitative estimate of drug-likeness (QED) is 0.840. The smallest absolute Gasteiger partial charge is 0.317 e. The van der Waals surface area contributed by atoms with Crippen molar-refractivity contribution in [2.75, 3.05) is 26.7 Å². The highest BCUT2D eigenvalue weighted by molar-refractivity contribution is 5.74. The summed E-state index contributed by atoms with van der Waals surface area (Å²) >= 11 is 0. The van der Waals surface area contributed by atoms with E-state index in [-0.39, 0.29) is 24.1 Å². The van der Waals surface area contributed by atoms with Gasteiger partial charge in [-0.15, -0.1) is 0 Å². The minimum Gasteiger partial charge on any atom is -0.393 e. The van der Waals surface area contributed by atoms with E-state index in [1.807, 2.05) is 36.9 Å². The van der Waals surface area contributed by atoms with Crippen LogP contribution in [0.25, 0.3) is 0 Å². The van der Waals surface area contributed by atoms with Gasteiger partial charge in [0.1, 0.15) is 0 Å². The van der Waals surface area contributed by atoms with Crippen LogP contribution in [0.2, 0.25) is 0 Å². The summed E-state index contributed by atoms with van der Waals surface area (Å²) in [5.74, 6) is 0.195. The summed E-state index contributed by atoms with van der Waals surface area (Å²) in [6.45, 7) is 6.95. The van der Waals surface area contributed by atoms with Crippen LogP contribution in [-0.4, -0.2) is 59.8 Å². The van der Waals surface area contributed by atoms with Crippen molar-refractivity contribution in [3.8, 4) is 0 Å². The molecule has 1 aromatic rings. The fraction of sp³-hybridized carbons (Fsp3) is 0.632. The van der Waals surface area contributed by atoms with Gasteiger partial charge in [-0.3, -0.25) is 0 Å². The van der Waals surface area contributed by atoms with Gasteiger partial charge in [-0.05, 0) is 39.3 Å². The number of carbonyl (C=O) groups is 1. The highest BCUT2D eigenvalue weighted by Gasteiger charge is 2.27. The van der Waals surface area contributed by atoms with Gasteiger partial charge in [0.15, 0.2) is 0 Å². The Balaban J connectivity index is 1.76. The van der Waals surface area contributed by atoms with E-state index in [1.165, 1.54) is 5.56 Å². The number of benzene rings is 1. The molecule has 0 saturated carbocycles. The monoisotopic (exact) mass is 333 g/mol. The molecule has 134 valence electrons. The molecule has 2 N–H and O–H groups in total. The number of urea groups is 1. The van der Waals surface area contributed by atoms with Crippen molar-refractivity contribution < 1.29 is 9.90 Å². The number of aliphatic hydroxyl groups excluding tert-OH is 1. The van der Waals surface area contributed by atoms with E-state index in [9.17, 15) is 9.90 Å². The number of aliphatic hydroxyl groups is 1. The van der Waals surface area contributed by atoms with Gasteiger partial charge in [0.2, 0.25) is 0 Å². The van der Waals surface area contributed by atoms with Gasteiger partial charge in [-0.25, -0.2) is 4.79 Å². The first-order chi connectivity index (χ1) is 11.5. The fourth-order valence-corrected chi connectivity index (χ4v) is 3.36. The Bertz CT molecular complexity index is 507. The van der Waals surface area contributed by atoms with E-state index in [0.29, 0.717) is 6.54 Å². The summed E-state index contributed by atoms with van der Waals surface area (Å²) in [6.07, 6.45) is 1.61. The summed E-state index contributed by atoms with van der Waals surface area (Å²) in [6, 6.07) is 10.4. The van der Waals surface area contributed by atoms with Gasteiger partial charge < -0.3 is 20.2 Å². The number of nitrogens with zero attached hydrogens (tertiary/aromatic N) is 2. The Morgan fingerprint density at radius 2 is 2.08 bits per heavy atom. The summed E-state index contributed by atoms with van der Waals surface area (Å²) in [4.78, 5) is 16.5. The number of carbonyl (C=O) groups excluding carboxylic acids is 1. The summed E-state index contributed by atoms with van der Waals surface area (Å²) in [5, 5.41) is 12.8. The van der Waals surface area contributed by atoms with Crippen LogP contribution in [0.15, 0.2) is 30.3 Å². The first-order valence-corrected chi connectivity index (χ1v) is 8.91. The molecular formula is C19H31N3O2. The predicted octanol–water partition coefficient (Wildman–Crippen LogP) is 2.31. The minimum atomic E-state index is -0.352. The zero-order chi connectivity index (χ0) is 17.5. The molecule has 2 amide bonds. The van der Waals surface area contributed by atoms with Crippen molar-refractivity contribution in [1.29, 1.82) is 0 Å². The summed E-state index contributed by atoms with van der Waals surface area (Å²) < 4.78 is 0. The molecule has 3 unspecified atom stereocenters. The molecule has 0 aromatic heterocycles. The zero-order valence-electron chi connectivity index (χ0n) is 15.1. The van der Waals surface area contributed by atoms with Crippen molar-refractivity contribution in [1.82, 2.24) is 15.1 Å². The van der Waals surface area contributed by atoms with Crippen LogP contribution < -0.4 is 5.32 Å². The fourth-order valence-electron chi connectivity index (χ4n) is 3.36. The van der Waals surface area contributed by atoms with E-state index < -0.39 is 0 Å². The molecule has 0 radical (unpaired) electrons. The maximum Gasteiger partial charge on any atom is 0.317 e. The molecule has 1 fully saturated rings. The number of piperidine rings is 1. The number of hydrogen-bond acceptors (Lipinski definition) is 3.